The van der Waals surface area contributed by atoms with E-state index in [0.29, 0.717) is 0 Å². The number of nitrogens with one attached hydrogen (secondary N) is 1. The van der Waals surface area contributed by atoms with Crippen LogP contribution in [-0.2, 0) is 14.4 Å². The lowest BCUT2D eigenvalue weighted by Crippen LogP contribution is -2.50. The number of hydrogen-bond acceptors (Lipinski definition) is 5. The molecule has 0 fully saturated rings. The van der Waals surface area contributed by atoms with E-state index in [1.807, 2.05) is 5.32 Å². The second kappa shape index (κ2) is 5.94. The number of hydrogen-bond donors (Lipinski definition) is 5. The van der Waals surface area contributed by atoms with Crippen molar-refractivity contribution in [3.63, 3.8) is 0 Å². The number of rotatable bonds is 6. The summed E-state index contributed by atoms with van der Waals surface area (Å²) in [7, 11) is 0. The minimum Gasteiger partial charge on any atom is -0.481 e. The molecule has 0 saturated heterocycles. The molecule has 2 atom stereocenters. The molecule has 0 aromatic rings. The topological polar surface area (TPSA) is 150 Å². The minimum atomic E-state index is -1.47. The number of carboxylic acid groups (broad SMARTS) is 2. The van der Waals surface area contributed by atoms with Crippen LogP contribution in [0.3, 0.4) is 0 Å². The smallest absolute Gasteiger partial charge is 0.328 e. The van der Waals surface area contributed by atoms with E-state index in [1.54, 1.807) is 0 Å². The van der Waals surface area contributed by atoms with E-state index in [1.165, 1.54) is 0 Å². The molecule has 1 amide bonds. The maximum atomic E-state index is 11.1. The monoisotopic (exact) mass is 220 g/mol. The maximum absolute atomic E-state index is 11.1. The Morgan fingerprint density at radius 1 is 1.27 bits per heavy atom. The Kier molecular flexibility index (Phi) is 5.27. The van der Waals surface area contributed by atoms with Crippen LogP contribution in [0.15, 0.2) is 0 Å². The van der Waals surface area contributed by atoms with Crippen LogP contribution in [0.2, 0.25) is 0 Å². The van der Waals surface area contributed by atoms with Gasteiger partial charge in [0.25, 0.3) is 0 Å². The van der Waals surface area contributed by atoms with E-state index in [4.69, 9.17) is 21.1 Å². The first-order valence-corrected chi connectivity index (χ1v) is 4.00. The van der Waals surface area contributed by atoms with Gasteiger partial charge in [-0.05, 0) is 0 Å². The summed E-state index contributed by atoms with van der Waals surface area (Å²) in [6, 6.07) is -2.81. The largest absolute Gasteiger partial charge is 0.481 e. The van der Waals surface area contributed by atoms with Crippen molar-refractivity contribution >= 4 is 17.8 Å². The van der Waals surface area contributed by atoms with Crippen LogP contribution in [-0.4, -0.2) is 51.9 Å². The molecule has 0 heterocycles. The number of nitrogens with two attached hydrogens (primary N) is 1. The number of carbonyl (C=O) groups excluding carboxylic acids is 1. The predicted octanol–water partition coefficient (Wildman–Crippen LogP) is -2.65. The zero-order valence-electron chi connectivity index (χ0n) is 7.71. The number of carbonyl (C=O) groups is 3. The van der Waals surface area contributed by atoms with Gasteiger partial charge in [-0.1, -0.05) is 0 Å². The highest BCUT2D eigenvalue weighted by Gasteiger charge is 2.23. The van der Waals surface area contributed by atoms with Gasteiger partial charge in [-0.3, -0.25) is 9.59 Å². The van der Waals surface area contributed by atoms with E-state index in [2.05, 4.69) is 0 Å². The molecule has 0 radical (unpaired) electrons. The molecule has 0 aliphatic heterocycles. The number of amides is 1. The molecule has 1 unspecified atom stereocenters. The summed E-state index contributed by atoms with van der Waals surface area (Å²) >= 11 is 0. The van der Waals surface area contributed by atoms with Crippen LogP contribution >= 0.6 is 0 Å². The molecule has 0 aliphatic rings. The molecule has 15 heavy (non-hydrogen) atoms. The molecule has 86 valence electrons. The number of carboxylic acids is 2. The average Bonchev–Trinajstić information content (AvgIpc) is 2.11. The maximum Gasteiger partial charge on any atom is 0.328 e. The molecule has 0 aromatic heterocycles. The van der Waals surface area contributed by atoms with Gasteiger partial charge in [0.2, 0.25) is 5.91 Å². The molecule has 0 aromatic carbocycles. The molecule has 0 aliphatic carbocycles. The second-order valence-electron chi connectivity index (χ2n) is 2.79. The molecule has 6 N–H and O–H groups in total. The van der Waals surface area contributed by atoms with Crippen molar-refractivity contribution in [1.29, 1.82) is 0 Å². The van der Waals surface area contributed by atoms with Crippen LogP contribution in [0.4, 0.5) is 0 Å². The van der Waals surface area contributed by atoms with Crippen LogP contribution in [0, 0.1) is 0 Å². The average molecular weight is 220 g/mol. The highest BCUT2D eigenvalue weighted by molar-refractivity contribution is 5.89. The third-order valence-electron chi connectivity index (χ3n) is 1.53. The van der Waals surface area contributed by atoms with E-state index in [-0.39, 0.29) is 0 Å². The van der Waals surface area contributed by atoms with Gasteiger partial charge in [0.1, 0.15) is 6.04 Å². The lowest BCUT2D eigenvalue weighted by atomic mass is 10.2. The van der Waals surface area contributed by atoms with Crippen molar-refractivity contribution in [2.45, 2.75) is 18.5 Å². The molecule has 0 spiro atoms. The molecule has 8 heteroatoms. The Hall–Kier alpha value is -1.67. The number of aliphatic hydroxyl groups is 1. The summed E-state index contributed by atoms with van der Waals surface area (Å²) < 4.78 is 0. The Morgan fingerprint density at radius 2 is 1.80 bits per heavy atom. The summed E-state index contributed by atoms with van der Waals surface area (Å²) in [6.45, 7) is -0.791. The van der Waals surface area contributed by atoms with E-state index >= 15 is 0 Å². The van der Waals surface area contributed by atoms with Gasteiger partial charge >= 0.3 is 11.9 Å². The van der Waals surface area contributed by atoms with Gasteiger partial charge in [-0.2, -0.15) is 0 Å². The van der Waals surface area contributed by atoms with Crippen molar-refractivity contribution in [2.24, 2.45) is 5.73 Å². The molecule has 0 rings (SSSR count). The summed E-state index contributed by atoms with van der Waals surface area (Å²) in [5, 5.41) is 27.2. The Balaban J connectivity index is 4.21. The van der Waals surface area contributed by atoms with Crippen LogP contribution < -0.4 is 11.1 Å². The highest BCUT2D eigenvalue weighted by atomic mass is 16.4. The van der Waals surface area contributed by atoms with Crippen LogP contribution in [0.25, 0.3) is 0 Å². The van der Waals surface area contributed by atoms with Gasteiger partial charge in [0.05, 0.1) is 19.1 Å². The SMILES string of the molecule is NC(CC(=O)O)C(=O)N[C@@H](CO)C(=O)O. The van der Waals surface area contributed by atoms with E-state index in [9.17, 15) is 14.4 Å². The van der Waals surface area contributed by atoms with Gasteiger partial charge in [0.15, 0.2) is 0 Å². The Bertz CT molecular complexity index is 266. The van der Waals surface area contributed by atoms with Crippen molar-refractivity contribution < 1.29 is 29.7 Å². The lowest BCUT2D eigenvalue weighted by molar-refractivity contribution is -0.143. The Morgan fingerprint density at radius 3 is 2.13 bits per heavy atom. The summed E-state index contributed by atoms with van der Waals surface area (Å²) in [5.41, 5.74) is 5.15. The van der Waals surface area contributed by atoms with Crippen molar-refractivity contribution in [1.82, 2.24) is 5.32 Å². The fourth-order valence-corrected chi connectivity index (χ4v) is 0.745. The fourth-order valence-electron chi connectivity index (χ4n) is 0.745. The second-order valence-corrected chi connectivity index (χ2v) is 2.79. The molecule has 8 nitrogen and oxygen atoms in total. The summed E-state index contributed by atoms with van der Waals surface area (Å²) in [4.78, 5) is 31.6. The summed E-state index contributed by atoms with van der Waals surface area (Å²) in [5.74, 6) is -3.62. The standard InChI is InChI=1S/C7H12N2O6/c8-3(1-5(11)12)6(13)9-4(2-10)7(14)15/h3-4,10H,1-2,8H2,(H,9,13)(H,11,12)(H,14,15)/t3?,4-/m0/s1. The van der Waals surface area contributed by atoms with Crippen molar-refractivity contribution in [3.8, 4) is 0 Å². The minimum absolute atomic E-state index is 0.608. The van der Waals surface area contributed by atoms with Crippen molar-refractivity contribution in [3.05, 3.63) is 0 Å². The lowest BCUT2D eigenvalue weighted by Gasteiger charge is -2.14. The summed E-state index contributed by atoms with van der Waals surface area (Å²) in [6.07, 6.45) is -0.608. The number of aliphatic carboxylic acids is 2. The molecule has 0 saturated carbocycles. The van der Waals surface area contributed by atoms with Gasteiger partial charge in [-0.15, -0.1) is 0 Å². The van der Waals surface area contributed by atoms with Crippen LogP contribution in [0.1, 0.15) is 6.42 Å². The quantitative estimate of drug-likeness (QED) is 0.328. The Labute approximate surface area is 84.7 Å². The first-order valence-electron chi connectivity index (χ1n) is 4.00. The zero-order chi connectivity index (χ0) is 12.0. The molecule has 0 bridgehead atoms. The zero-order valence-corrected chi connectivity index (χ0v) is 7.71. The highest BCUT2D eigenvalue weighted by Crippen LogP contribution is 1.91. The first-order chi connectivity index (χ1) is 6.88. The van der Waals surface area contributed by atoms with Gasteiger partial charge < -0.3 is 26.4 Å². The fraction of sp³-hybridized carbons (Fsp3) is 0.571. The van der Waals surface area contributed by atoms with Crippen LogP contribution in [0.5, 0.6) is 0 Å². The number of aliphatic hydroxyl groups excluding tert-OH is 1. The normalized spacial score (nSPS) is 14.0. The third-order valence-corrected chi connectivity index (χ3v) is 1.53. The van der Waals surface area contributed by atoms with Gasteiger partial charge in [0, 0.05) is 0 Å². The predicted molar refractivity (Wildman–Crippen MR) is 46.9 cm³/mol. The van der Waals surface area contributed by atoms with E-state index in [0.717, 1.165) is 0 Å². The molecular weight excluding hydrogens is 208 g/mol. The van der Waals surface area contributed by atoms with Gasteiger partial charge in [-0.25, -0.2) is 4.79 Å². The van der Waals surface area contributed by atoms with E-state index < -0.39 is 43.0 Å². The first kappa shape index (κ1) is 13.3. The van der Waals surface area contributed by atoms with Crippen molar-refractivity contribution in [2.75, 3.05) is 6.61 Å². The third kappa shape index (κ3) is 4.93. The molecular formula is C7H12N2O6.